The topological polar surface area (TPSA) is 92.5 Å². The van der Waals surface area contributed by atoms with Gasteiger partial charge in [0.15, 0.2) is 0 Å². The predicted molar refractivity (Wildman–Crippen MR) is 78.2 cm³/mol. The van der Waals surface area contributed by atoms with E-state index in [1.165, 1.54) is 0 Å². The fourth-order valence-corrected chi connectivity index (χ4v) is 3.50. The highest BCUT2D eigenvalue weighted by Gasteiger charge is 2.53. The molecular weight excluding hydrogens is 270 g/mol. The predicted octanol–water partition coefficient (Wildman–Crippen LogP) is 1.39. The summed E-state index contributed by atoms with van der Waals surface area (Å²) in [4.78, 5) is 36.3. The number of imide groups is 1. The van der Waals surface area contributed by atoms with E-state index in [1.54, 1.807) is 0 Å². The van der Waals surface area contributed by atoms with Crippen LogP contribution in [0.15, 0.2) is 0 Å². The Morgan fingerprint density at radius 1 is 1.38 bits per heavy atom. The molecule has 3 N–H and O–H groups in total. The van der Waals surface area contributed by atoms with Crippen molar-refractivity contribution in [1.29, 1.82) is 0 Å². The second-order valence-electron chi connectivity index (χ2n) is 6.99. The number of hydrogen-bond acceptors (Lipinski definition) is 3. The Labute approximate surface area is 125 Å². The Bertz CT molecular complexity index is 465. The van der Waals surface area contributed by atoms with Gasteiger partial charge in [0.1, 0.15) is 12.1 Å². The molecule has 0 radical (unpaired) electrons. The molecule has 0 aromatic carbocycles. The molecule has 21 heavy (non-hydrogen) atoms. The van der Waals surface area contributed by atoms with Crippen LogP contribution < -0.4 is 11.1 Å². The van der Waals surface area contributed by atoms with E-state index in [9.17, 15) is 14.4 Å². The van der Waals surface area contributed by atoms with Crippen molar-refractivity contribution in [2.24, 2.45) is 17.1 Å². The van der Waals surface area contributed by atoms with Gasteiger partial charge in [0, 0.05) is 0 Å². The summed E-state index contributed by atoms with van der Waals surface area (Å²) in [5, 5.41) is 2.79. The molecule has 0 atom stereocenters. The van der Waals surface area contributed by atoms with Crippen molar-refractivity contribution in [3.05, 3.63) is 0 Å². The fraction of sp³-hybridized carbons (Fsp3) is 0.800. The highest BCUT2D eigenvalue weighted by Crippen LogP contribution is 2.44. The summed E-state index contributed by atoms with van der Waals surface area (Å²) in [6, 6.07) is -0.494. The summed E-state index contributed by atoms with van der Waals surface area (Å²) in [5.41, 5.74) is 4.54. The summed E-state index contributed by atoms with van der Waals surface area (Å²) in [7, 11) is 0. The van der Waals surface area contributed by atoms with Gasteiger partial charge >= 0.3 is 6.03 Å². The van der Waals surface area contributed by atoms with E-state index in [-0.39, 0.29) is 17.9 Å². The first-order valence-corrected chi connectivity index (χ1v) is 7.64. The number of urea groups is 1. The molecule has 1 saturated carbocycles. The van der Waals surface area contributed by atoms with Crippen LogP contribution in [0.2, 0.25) is 0 Å². The smallest absolute Gasteiger partial charge is 0.325 e. The van der Waals surface area contributed by atoms with Crippen LogP contribution >= 0.6 is 0 Å². The van der Waals surface area contributed by atoms with Gasteiger partial charge in [-0.3, -0.25) is 14.5 Å². The number of nitrogens with one attached hydrogen (secondary N) is 1. The Morgan fingerprint density at radius 3 is 2.43 bits per heavy atom. The minimum atomic E-state index is -0.813. The summed E-state index contributed by atoms with van der Waals surface area (Å²) in [6.07, 6.45) is 4.20. The van der Waals surface area contributed by atoms with Crippen molar-refractivity contribution in [1.82, 2.24) is 10.2 Å². The van der Waals surface area contributed by atoms with Crippen LogP contribution in [-0.2, 0) is 9.59 Å². The van der Waals surface area contributed by atoms with E-state index < -0.39 is 17.5 Å². The van der Waals surface area contributed by atoms with Crippen molar-refractivity contribution < 1.29 is 14.4 Å². The van der Waals surface area contributed by atoms with Crippen molar-refractivity contribution in [3.63, 3.8) is 0 Å². The van der Waals surface area contributed by atoms with Gasteiger partial charge in [0.05, 0.1) is 0 Å². The molecule has 6 nitrogen and oxygen atoms in total. The Morgan fingerprint density at radius 2 is 1.95 bits per heavy atom. The first-order chi connectivity index (χ1) is 9.72. The second kappa shape index (κ2) is 5.31. The van der Waals surface area contributed by atoms with E-state index in [4.69, 9.17) is 5.73 Å². The average molecular weight is 295 g/mol. The number of carbonyl (C=O) groups excluding carboxylic acids is 3. The highest BCUT2D eigenvalue weighted by molar-refractivity contribution is 6.08. The third-order valence-corrected chi connectivity index (χ3v) is 5.42. The zero-order valence-electron chi connectivity index (χ0n) is 13.1. The molecule has 1 spiro atoms. The number of primary amides is 1. The third kappa shape index (κ3) is 2.76. The standard InChI is InChI=1S/C15H25N3O3/c1-4-14(2,3)10-5-7-15(8-6-10)12(20)18(9-11(16)19)13(21)17-15/h10H,4-9H2,1-3H3,(H2,16,19)(H,17,21). The van der Waals surface area contributed by atoms with E-state index in [0.717, 1.165) is 24.2 Å². The zero-order valence-corrected chi connectivity index (χ0v) is 13.1. The average Bonchev–Trinajstić information content (AvgIpc) is 2.64. The quantitative estimate of drug-likeness (QED) is 0.768. The molecule has 2 aliphatic rings. The molecule has 6 heteroatoms. The fourth-order valence-electron chi connectivity index (χ4n) is 3.50. The number of carbonyl (C=O) groups is 3. The number of nitrogens with two attached hydrogens (primary N) is 1. The largest absolute Gasteiger partial charge is 0.368 e. The number of rotatable bonds is 4. The molecule has 0 aromatic rings. The van der Waals surface area contributed by atoms with Gasteiger partial charge in [-0.2, -0.15) is 0 Å². The van der Waals surface area contributed by atoms with Crippen molar-refractivity contribution in [3.8, 4) is 0 Å². The molecule has 1 saturated heterocycles. The van der Waals surface area contributed by atoms with E-state index in [1.807, 2.05) is 0 Å². The number of hydrogen-bond donors (Lipinski definition) is 2. The molecule has 2 fully saturated rings. The van der Waals surface area contributed by atoms with Crippen LogP contribution in [-0.4, -0.2) is 34.8 Å². The SMILES string of the molecule is CCC(C)(C)C1CCC2(CC1)NC(=O)N(CC(N)=O)C2=O. The first-order valence-electron chi connectivity index (χ1n) is 7.64. The molecule has 1 aliphatic carbocycles. The Hall–Kier alpha value is -1.59. The van der Waals surface area contributed by atoms with Gasteiger partial charge in [-0.05, 0) is 37.0 Å². The van der Waals surface area contributed by atoms with Gasteiger partial charge in [-0.1, -0.05) is 27.2 Å². The number of nitrogens with zero attached hydrogens (tertiary/aromatic N) is 1. The lowest BCUT2D eigenvalue weighted by molar-refractivity contribution is -0.135. The molecule has 4 amide bonds. The first kappa shape index (κ1) is 15.8. The lowest BCUT2D eigenvalue weighted by atomic mass is 9.65. The second-order valence-corrected chi connectivity index (χ2v) is 6.99. The van der Waals surface area contributed by atoms with E-state index in [0.29, 0.717) is 18.8 Å². The van der Waals surface area contributed by atoms with Crippen molar-refractivity contribution in [2.45, 2.75) is 58.4 Å². The molecule has 0 aromatic heterocycles. The molecule has 0 bridgehead atoms. The maximum absolute atomic E-state index is 12.5. The molecular formula is C15H25N3O3. The summed E-state index contributed by atoms with van der Waals surface area (Å²) in [6.45, 7) is 6.35. The Balaban J connectivity index is 2.08. The third-order valence-electron chi connectivity index (χ3n) is 5.42. The van der Waals surface area contributed by atoms with Crippen LogP contribution in [0, 0.1) is 11.3 Å². The van der Waals surface area contributed by atoms with E-state index >= 15 is 0 Å². The van der Waals surface area contributed by atoms with Gasteiger partial charge in [0.25, 0.3) is 5.91 Å². The van der Waals surface area contributed by atoms with Gasteiger partial charge < -0.3 is 11.1 Å². The monoisotopic (exact) mass is 295 g/mol. The molecule has 2 rings (SSSR count). The van der Waals surface area contributed by atoms with Crippen LogP contribution in [0.5, 0.6) is 0 Å². The summed E-state index contributed by atoms with van der Waals surface area (Å²) >= 11 is 0. The van der Waals surface area contributed by atoms with Crippen LogP contribution in [0.1, 0.15) is 52.9 Å². The minimum absolute atomic E-state index is 0.250. The summed E-state index contributed by atoms with van der Waals surface area (Å²) in [5.74, 6) is -0.404. The van der Waals surface area contributed by atoms with Crippen LogP contribution in [0.25, 0.3) is 0 Å². The van der Waals surface area contributed by atoms with Crippen molar-refractivity contribution >= 4 is 17.8 Å². The normalized spacial score (nSPS) is 29.9. The molecule has 118 valence electrons. The van der Waals surface area contributed by atoms with Crippen LogP contribution in [0.3, 0.4) is 0 Å². The minimum Gasteiger partial charge on any atom is -0.368 e. The zero-order chi connectivity index (χ0) is 15.8. The molecule has 0 unspecified atom stereocenters. The lowest BCUT2D eigenvalue weighted by Crippen LogP contribution is -2.51. The van der Waals surface area contributed by atoms with Crippen molar-refractivity contribution in [2.75, 3.05) is 6.54 Å². The highest BCUT2D eigenvalue weighted by atomic mass is 16.2. The maximum Gasteiger partial charge on any atom is 0.325 e. The van der Waals surface area contributed by atoms with Gasteiger partial charge in [-0.25, -0.2) is 4.79 Å². The van der Waals surface area contributed by atoms with Gasteiger partial charge in [-0.15, -0.1) is 0 Å². The number of amides is 4. The van der Waals surface area contributed by atoms with Gasteiger partial charge in [0.2, 0.25) is 5.91 Å². The molecule has 1 aliphatic heterocycles. The summed E-state index contributed by atoms with van der Waals surface area (Å²) < 4.78 is 0. The van der Waals surface area contributed by atoms with E-state index in [2.05, 4.69) is 26.1 Å². The maximum atomic E-state index is 12.5. The Kier molecular flexibility index (Phi) is 4.00. The lowest BCUT2D eigenvalue weighted by Gasteiger charge is -2.42. The van der Waals surface area contributed by atoms with Crippen LogP contribution in [0.4, 0.5) is 4.79 Å². The molecule has 1 heterocycles.